The van der Waals surface area contributed by atoms with Crippen molar-refractivity contribution in [3.8, 4) is 11.8 Å². The van der Waals surface area contributed by atoms with E-state index >= 15 is 0 Å². The van der Waals surface area contributed by atoms with Crippen LogP contribution in [0.1, 0.15) is 5.56 Å². The second kappa shape index (κ2) is 3.70. The van der Waals surface area contributed by atoms with Gasteiger partial charge in [0.15, 0.2) is 0 Å². The number of benzene rings is 1. The quantitative estimate of drug-likeness (QED) is 0.531. The third-order valence-corrected chi connectivity index (χ3v) is 1.56. The van der Waals surface area contributed by atoms with Crippen molar-refractivity contribution in [3.05, 3.63) is 33.6 Å². The molecule has 0 saturated carbocycles. The van der Waals surface area contributed by atoms with Gasteiger partial charge in [-0.2, -0.15) is 5.26 Å². The van der Waals surface area contributed by atoms with Gasteiger partial charge < -0.3 is 4.74 Å². The molecule has 0 fully saturated rings. The van der Waals surface area contributed by atoms with Gasteiger partial charge in [-0.25, -0.2) is 4.39 Å². The monoisotopic (exact) mass is 196 g/mol. The maximum absolute atomic E-state index is 12.8. The Morgan fingerprint density at radius 1 is 1.64 bits per heavy atom. The SMILES string of the molecule is COc1cc(F)cc(C#N)c1[N+](=O)[O-]. The Labute approximate surface area is 78.5 Å². The number of nitrogens with zero attached hydrogens (tertiary/aromatic N) is 2. The van der Waals surface area contributed by atoms with E-state index in [-0.39, 0.29) is 11.3 Å². The molecule has 1 rings (SSSR count). The minimum Gasteiger partial charge on any atom is -0.490 e. The highest BCUT2D eigenvalue weighted by atomic mass is 19.1. The van der Waals surface area contributed by atoms with Gasteiger partial charge in [0.2, 0.25) is 5.75 Å². The standard InChI is InChI=1S/C8H5FN2O3/c1-14-7-3-6(9)2-5(4-10)8(7)11(12)13/h2-3H,1H3. The van der Waals surface area contributed by atoms with Crippen LogP contribution in [0.5, 0.6) is 5.75 Å². The Morgan fingerprint density at radius 3 is 2.71 bits per heavy atom. The van der Waals surface area contributed by atoms with E-state index < -0.39 is 16.4 Å². The number of methoxy groups -OCH3 is 1. The molecule has 0 bridgehead atoms. The highest BCUT2D eigenvalue weighted by Gasteiger charge is 2.22. The number of nitro benzene ring substituents is 1. The van der Waals surface area contributed by atoms with Gasteiger partial charge in [-0.1, -0.05) is 0 Å². The van der Waals surface area contributed by atoms with Crippen LogP contribution in [0, 0.1) is 27.3 Å². The Kier molecular flexibility index (Phi) is 2.62. The summed E-state index contributed by atoms with van der Waals surface area (Å²) in [7, 11) is 1.17. The predicted molar refractivity (Wildman–Crippen MR) is 44.3 cm³/mol. The first kappa shape index (κ1) is 9.92. The van der Waals surface area contributed by atoms with Gasteiger partial charge in [-0.05, 0) is 6.07 Å². The fourth-order valence-electron chi connectivity index (χ4n) is 1.00. The highest BCUT2D eigenvalue weighted by molar-refractivity contribution is 5.58. The van der Waals surface area contributed by atoms with Crippen LogP contribution in [-0.4, -0.2) is 12.0 Å². The lowest BCUT2D eigenvalue weighted by atomic mass is 10.2. The van der Waals surface area contributed by atoms with Gasteiger partial charge in [-0.15, -0.1) is 0 Å². The molecular formula is C8H5FN2O3. The van der Waals surface area contributed by atoms with Crippen molar-refractivity contribution in [3.63, 3.8) is 0 Å². The molecule has 1 aromatic rings. The van der Waals surface area contributed by atoms with Gasteiger partial charge in [0.25, 0.3) is 0 Å². The number of rotatable bonds is 2. The molecule has 1 aromatic carbocycles. The van der Waals surface area contributed by atoms with Crippen LogP contribution in [0.2, 0.25) is 0 Å². The zero-order chi connectivity index (χ0) is 10.7. The van der Waals surface area contributed by atoms with Gasteiger partial charge in [0.1, 0.15) is 17.4 Å². The summed E-state index contributed by atoms with van der Waals surface area (Å²) < 4.78 is 17.4. The first-order valence-electron chi connectivity index (χ1n) is 3.52. The largest absolute Gasteiger partial charge is 0.490 e. The summed E-state index contributed by atoms with van der Waals surface area (Å²) in [5.74, 6) is -1.00. The van der Waals surface area contributed by atoms with Crippen molar-refractivity contribution in [2.45, 2.75) is 0 Å². The first-order valence-corrected chi connectivity index (χ1v) is 3.52. The van der Waals surface area contributed by atoms with E-state index in [4.69, 9.17) is 5.26 Å². The molecule has 0 unspecified atom stereocenters. The molecule has 0 heterocycles. The summed E-state index contributed by atoms with van der Waals surface area (Å²) in [5.41, 5.74) is -0.872. The number of halogens is 1. The molecule has 0 amide bonds. The van der Waals surface area contributed by atoms with Crippen molar-refractivity contribution in [2.75, 3.05) is 7.11 Å². The number of hydrogen-bond donors (Lipinski definition) is 0. The maximum Gasteiger partial charge on any atom is 0.328 e. The second-order valence-corrected chi connectivity index (χ2v) is 2.37. The summed E-state index contributed by atoms with van der Waals surface area (Å²) >= 11 is 0. The molecule has 0 saturated heterocycles. The Hall–Kier alpha value is -2.16. The van der Waals surface area contributed by atoms with Crippen molar-refractivity contribution in [1.82, 2.24) is 0 Å². The Bertz CT molecular complexity index is 425. The molecule has 0 aliphatic rings. The van der Waals surface area contributed by atoms with E-state index in [1.807, 2.05) is 0 Å². The molecule has 0 atom stereocenters. The normalized spacial score (nSPS) is 9.21. The molecule has 0 aromatic heterocycles. The second-order valence-electron chi connectivity index (χ2n) is 2.37. The van der Waals surface area contributed by atoms with E-state index in [2.05, 4.69) is 4.74 Å². The summed E-state index contributed by atoms with van der Waals surface area (Å²) in [5, 5.41) is 19.1. The minimum absolute atomic E-state index is 0.258. The topological polar surface area (TPSA) is 76.2 Å². The van der Waals surface area contributed by atoms with Crippen LogP contribution in [0.3, 0.4) is 0 Å². The van der Waals surface area contributed by atoms with E-state index in [0.29, 0.717) is 0 Å². The number of hydrogen-bond acceptors (Lipinski definition) is 4. The molecule has 0 N–H and O–H groups in total. The summed E-state index contributed by atoms with van der Waals surface area (Å²) in [6.07, 6.45) is 0. The zero-order valence-corrected chi connectivity index (χ0v) is 7.15. The molecule has 0 spiro atoms. The summed E-state index contributed by atoms with van der Waals surface area (Å²) in [6.45, 7) is 0. The van der Waals surface area contributed by atoms with Crippen molar-refractivity contribution in [1.29, 1.82) is 5.26 Å². The lowest BCUT2D eigenvalue weighted by Crippen LogP contribution is -1.97. The summed E-state index contributed by atoms with van der Waals surface area (Å²) in [4.78, 5) is 9.74. The molecule has 14 heavy (non-hydrogen) atoms. The molecular weight excluding hydrogens is 191 g/mol. The van der Waals surface area contributed by atoms with Gasteiger partial charge >= 0.3 is 5.69 Å². The van der Waals surface area contributed by atoms with Crippen LogP contribution in [0.25, 0.3) is 0 Å². The first-order chi connectivity index (χ1) is 6.60. The minimum atomic E-state index is -0.781. The average molecular weight is 196 g/mol. The van der Waals surface area contributed by atoms with Crippen LogP contribution in [0.4, 0.5) is 10.1 Å². The predicted octanol–water partition coefficient (Wildman–Crippen LogP) is 1.61. The van der Waals surface area contributed by atoms with Gasteiger partial charge in [0, 0.05) is 6.07 Å². The fourth-order valence-corrected chi connectivity index (χ4v) is 1.00. The van der Waals surface area contributed by atoms with Gasteiger partial charge in [-0.3, -0.25) is 10.1 Å². The van der Waals surface area contributed by atoms with E-state index in [1.54, 1.807) is 0 Å². The fraction of sp³-hybridized carbons (Fsp3) is 0.125. The van der Waals surface area contributed by atoms with Crippen LogP contribution >= 0.6 is 0 Å². The maximum atomic E-state index is 12.8. The smallest absolute Gasteiger partial charge is 0.328 e. The zero-order valence-electron chi connectivity index (χ0n) is 7.15. The molecule has 0 aliphatic heterocycles. The Balaban J connectivity index is 3.50. The molecule has 6 heteroatoms. The molecule has 0 aliphatic carbocycles. The van der Waals surface area contributed by atoms with Crippen molar-refractivity contribution in [2.24, 2.45) is 0 Å². The number of nitriles is 1. The van der Waals surface area contributed by atoms with E-state index in [9.17, 15) is 14.5 Å². The third kappa shape index (κ3) is 1.61. The van der Waals surface area contributed by atoms with Crippen LogP contribution in [-0.2, 0) is 0 Å². The van der Waals surface area contributed by atoms with E-state index in [0.717, 1.165) is 12.1 Å². The van der Waals surface area contributed by atoms with Crippen LogP contribution < -0.4 is 4.74 Å². The molecule has 0 radical (unpaired) electrons. The Morgan fingerprint density at radius 2 is 2.29 bits per heavy atom. The van der Waals surface area contributed by atoms with Gasteiger partial charge in [0.05, 0.1) is 12.0 Å². The number of ether oxygens (including phenoxy) is 1. The van der Waals surface area contributed by atoms with E-state index in [1.165, 1.54) is 13.2 Å². The van der Waals surface area contributed by atoms with Crippen molar-refractivity contribution < 1.29 is 14.1 Å². The molecule has 5 nitrogen and oxygen atoms in total. The van der Waals surface area contributed by atoms with Crippen LogP contribution in [0.15, 0.2) is 12.1 Å². The molecule has 72 valence electrons. The lowest BCUT2D eigenvalue weighted by molar-refractivity contribution is -0.386. The summed E-state index contributed by atoms with van der Waals surface area (Å²) in [6, 6.07) is 3.18. The van der Waals surface area contributed by atoms with Crippen molar-refractivity contribution >= 4 is 5.69 Å². The third-order valence-electron chi connectivity index (χ3n) is 1.56. The lowest BCUT2D eigenvalue weighted by Gasteiger charge is -2.02. The number of nitro groups is 1. The highest BCUT2D eigenvalue weighted by Crippen LogP contribution is 2.31. The average Bonchev–Trinajstić information content (AvgIpc) is 2.15.